The zero-order chi connectivity index (χ0) is 24.2. The van der Waals surface area contributed by atoms with Crippen LogP contribution in [0.5, 0.6) is 0 Å². The molecule has 2 amide bonds. The van der Waals surface area contributed by atoms with Crippen LogP contribution in [-0.4, -0.2) is 66.9 Å². The molecular weight excluding hydrogens is 436 g/mol. The smallest absolute Gasteiger partial charge is 0.407 e. The average molecular weight is 467 g/mol. The minimum absolute atomic E-state index is 0.0819. The fourth-order valence-corrected chi connectivity index (χ4v) is 4.96. The van der Waals surface area contributed by atoms with E-state index in [2.05, 4.69) is 17.4 Å². The molecular formula is C26H30N2O6. The maximum atomic E-state index is 13.1. The number of alkyl carbamates (subject to hydrolysis) is 1. The topological polar surface area (TPSA) is 105 Å². The zero-order valence-corrected chi connectivity index (χ0v) is 19.4. The fourth-order valence-electron chi connectivity index (χ4n) is 4.96. The van der Waals surface area contributed by atoms with Crippen LogP contribution in [0, 0.1) is 5.92 Å². The van der Waals surface area contributed by atoms with Gasteiger partial charge in [-0.05, 0) is 41.0 Å². The number of hydrogen-bond donors (Lipinski definition) is 2. The number of nitrogens with zero attached hydrogens (tertiary/aromatic N) is 1. The van der Waals surface area contributed by atoms with Crippen LogP contribution in [-0.2, 0) is 19.1 Å². The lowest BCUT2D eigenvalue weighted by molar-refractivity contribution is -0.154. The largest absolute Gasteiger partial charge is 0.480 e. The number of carboxylic acid groups (broad SMARTS) is 1. The van der Waals surface area contributed by atoms with E-state index in [1.165, 1.54) is 12.0 Å². The lowest BCUT2D eigenvalue weighted by Crippen LogP contribution is -2.57. The van der Waals surface area contributed by atoms with Crippen molar-refractivity contribution in [1.82, 2.24) is 10.2 Å². The molecule has 2 aromatic carbocycles. The molecule has 1 heterocycles. The van der Waals surface area contributed by atoms with E-state index >= 15 is 0 Å². The second kappa shape index (κ2) is 10.3. The van der Waals surface area contributed by atoms with E-state index in [0.717, 1.165) is 22.3 Å². The number of carbonyl (C=O) groups excluding carboxylic acids is 2. The summed E-state index contributed by atoms with van der Waals surface area (Å²) in [5.74, 6) is -1.41. The minimum atomic E-state index is -1.04. The van der Waals surface area contributed by atoms with Crippen molar-refractivity contribution in [3.8, 4) is 11.1 Å². The number of carbonyl (C=O) groups is 3. The summed E-state index contributed by atoms with van der Waals surface area (Å²) in [5, 5.41) is 12.2. The van der Waals surface area contributed by atoms with Crippen molar-refractivity contribution >= 4 is 18.0 Å². The Kier molecular flexibility index (Phi) is 7.17. The average Bonchev–Trinajstić information content (AvgIpc) is 3.15. The molecule has 1 aliphatic heterocycles. The molecule has 0 bridgehead atoms. The fraction of sp³-hybridized carbons (Fsp3) is 0.423. The van der Waals surface area contributed by atoms with Gasteiger partial charge in [0.2, 0.25) is 5.91 Å². The lowest BCUT2D eigenvalue weighted by Gasteiger charge is -2.37. The first-order valence-electron chi connectivity index (χ1n) is 11.5. The maximum Gasteiger partial charge on any atom is 0.407 e. The Bertz CT molecular complexity index is 1030. The number of carboxylic acids is 1. The molecule has 0 radical (unpaired) electrons. The number of hydrogen-bond acceptors (Lipinski definition) is 5. The molecule has 1 saturated heterocycles. The number of aliphatic carboxylic acids is 1. The molecule has 1 aliphatic carbocycles. The molecule has 3 atom stereocenters. The molecule has 0 saturated carbocycles. The predicted molar refractivity (Wildman–Crippen MR) is 125 cm³/mol. The summed E-state index contributed by atoms with van der Waals surface area (Å²) in [6.07, 6.45) is 0.348. The van der Waals surface area contributed by atoms with E-state index in [9.17, 15) is 19.5 Å². The first-order chi connectivity index (χ1) is 16.4. The number of methoxy groups -OCH3 is 1. The van der Waals surface area contributed by atoms with Crippen molar-refractivity contribution in [2.75, 3.05) is 26.9 Å². The van der Waals surface area contributed by atoms with Gasteiger partial charge in [-0.25, -0.2) is 9.59 Å². The first kappa shape index (κ1) is 23.8. The molecule has 34 heavy (non-hydrogen) atoms. The standard InChI is InChI=1S/C26H30N2O6/c1-16-11-12-28(23(13-16)25(30)31)24(29)22(15-33-2)27-26(32)34-14-21-19-9-5-3-7-17(19)18-8-4-6-10-20(18)21/h3-10,16,21-23H,11-15H2,1-2H3,(H,27,32)(H,30,31). The van der Waals surface area contributed by atoms with Gasteiger partial charge in [0.05, 0.1) is 6.61 Å². The molecule has 2 aliphatic rings. The Labute approximate surface area is 198 Å². The van der Waals surface area contributed by atoms with E-state index in [1.807, 2.05) is 43.3 Å². The van der Waals surface area contributed by atoms with Gasteiger partial charge in [-0.1, -0.05) is 55.5 Å². The SMILES string of the molecule is COCC(NC(=O)OCC1c2ccccc2-c2ccccc21)C(=O)N1CCC(C)CC1C(=O)O. The van der Waals surface area contributed by atoms with E-state index < -0.39 is 30.1 Å². The van der Waals surface area contributed by atoms with Gasteiger partial charge in [0.25, 0.3) is 0 Å². The van der Waals surface area contributed by atoms with Crippen molar-refractivity contribution in [1.29, 1.82) is 0 Å². The normalized spacial score (nSPS) is 20.2. The van der Waals surface area contributed by atoms with Gasteiger partial charge in [-0.15, -0.1) is 0 Å². The van der Waals surface area contributed by atoms with Crippen LogP contribution in [0.2, 0.25) is 0 Å². The molecule has 0 spiro atoms. The molecule has 0 aromatic heterocycles. The van der Waals surface area contributed by atoms with Crippen LogP contribution in [0.1, 0.15) is 36.8 Å². The monoisotopic (exact) mass is 466 g/mol. The van der Waals surface area contributed by atoms with E-state index in [-0.39, 0.29) is 25.0 Å². The lowest BCUT2D eigenvalue weighted by atomic mass is 9.92. The molecule has 2 N–H and O–H groups in total. The van der Waals surface area contributed by atoms with Gasteiger partial charge in [-0.3, -0.25) is 4.79 Å². The van der Waals surface area contributed by atoms with Crippen molar-refractivity contribution < 1.29 is 29.0 Å². The van der Waals surface area contributed by atoms with Crippen LogP contribution in [0.25, 0.3) is 11.1 Å². The summed E-state index contributed by atoms with van der Waals surface area (Å²) in [6, 6.07) is 14.1. The highest BCUT2D eigenvalue weighted by Gasteiger charge is 2.38. The molecule has 8 heteroatoms. The Hall–Kier alpha value is -3.39. The third-order valence-electron chi connectivity index (χ3n) is 6.70. The minimum Gasteiger partial charge on any atom is -0.480 e. The third kappa shape index (κ3) is 4.77. The number of likely N-dealkylation sites (tertiary alicyclic amines) is 1. The number of ether oxygens (including phenoxy) is 2. The number of rotatable bonds is 7. The number of fused-ring (bicyclic) bond motifs is 3. The summed E-state index contributed by atoms with van der Waals surface area (Å²) in [6.45, 7) is 2.33. The van der Waals surface area contributed by atoms with Crippen molar-refractivity contribution in [3.05, 3.63) is 59.7 Å². The number of benzene rings is 2. The van der Waals surface area contributed by atoms with Gasteiger partial charge < -0.3 is 24.8 Å². The summed E-state index contributed by atoms with van der Waals surface area (Å²) in [7, 11) is 1.42. The number of nitrogens with one attached hydrogen (secondary N) is 1. The van der Waals surface area contributed by atoms with Gasteiger partial charge in [0.15, 0.2) is 0 Å². The summed E-state index contributed by atoms with van der Waals surface area (Å²) in [5.41, 5.74) is 4.43. The zero-order valence-electron chi connectivity index (χ0n) is 19.4. The summed E-state index contributed by atoms with van der Waals surface area (Å²) < 4.78 is 10.7. The van der Waals surface area contributed by atoms with Crippen LogP contribution in [0.4, 0.5) is 4.79 Å². The second-order valence-corrected chi connectivity index (χ2v) is 8.99. The number of amides is 2. The first-order valence-corrected chi connectivity index (χ1v) is 11.5. The molecule has 180 valence electrons. The molecule has 4 rings (SSSR count). The molecule has 1 fully saturated rings. The van der Waals surface area contributed by atoms with E-state index in [0.29, 0.717) is 19.4 Å². The van der Waals surface area contributed by atoms with Crippen LogP contribution < -0.4 is 5.32 Å². The number of piperidine rings is 1. The van der Waals surface area contributed by atoms with Crippen LogP contribution in [0.15, 0.2) is 48.5 Å². The predicted octanol–water partition coefficient (Wildman–Crippen LogP) is 3.25. The Morgan fingerprint density at radius 3 is 2.29 bits per heavy atom. The third-order valence-corrected chi connectivity index (χ3v) is 6.70. The van der Waals surface area contributed by atoms with Crippen molar-refractivity contribution in [2.24, 2.45) is 5.92 Å². The summed E-state index contributed by atoms with van der Waals surface area (Å²) in [4.78, 5) is 38.9. The van der Waals surface area contributed by atoms with Gasteiger partial charge >= 0.3 is 12.1 Å². The van der Waals surface area contributed by atoms with Crippen LogP contribution >= 0.6 is 0 Å². The summed E-state index contributed by atoms with van der Waals surface area (Å²) >= 11 is 0. The highest BCUT2D eigenvalue weighted by Crippen LogP contribution is 2.44. The highest BCUT2D eigenvalue weighted by atomic mass is 16.5. The van der Waals surface area contributed by atoms with Gasteiger partial charge in [-0.2, -0.15) is 0 Å². The van der Waals surface area contributed by atoms with Gasteiger partial charge in [0.1, 0.15) is 18.7 Å². The van der Waals surface area contributed by atoms with E-state index in [4.69, 9.17) is 9.47 Å². The molecule has 3 unspecified atom stereocenters. The Morgan fingerprint density at radius 1 is 1.09 bits per heavy atom. The quantitative estimate of drug-likeness (QED) is 0.649. The van der Waals surface area contributed by atoms with Crippen molar-refractivity contribution in [2.45, 2.75) is 37.8 Å². The van der Waals surface area contributed by atoms with Gasteiger partial charge in [0, 0.05) is 19.6 Å². The maximum absolute atomic E-state index is 13.1. The molecule has 8 nitrogen and oxygen atoms in total. The second-order valence-electron chi connectivity index (χ2n) is 8.99. The van der Waals surface area contributed by atoms with Crippen LogP contribution in [0.3, 0.4) is 0 Å². The van der Waals surface area contributed by atoms with Crippen molar-refractivity contribution in [3.63, 3.8) is 0 Å². The Balaban J connectivity index is 1.43. The Morgan fingerprint density at radius 2 is 1.71 bits per heavy atom. The van der Waals surface area contributed by atoms with E-state index in [1.54, 1.807) is 0 Å². The molecule has 2 aromatic rings. The highest BCUT2D eigenvalue weighted by molar-refractivity contribution is 5.89.